The summed E-state index contributed by atoms with van der Waals surface area (Å²) < 4.78 is 59.6. The van der Waals surface area contributed by atoms with E-state index in [0.717, 1.165) is 35.3 Å². The van der Waals surface area contributed by atoms with Gasteiger partial charge >= 0.3 is 12.4 Å². The molecule has 0 spiro atoms. The summed E-state index contributed by atoms with van der Waals surface area (Å²) >= 11 is 1.35. The fourth-order valence-electron chi connectivity index (χ4n) is 4.71. The van der Waals surface area contributed by atoms with Crippen LogP contribution in [0.4, 0.5) is 22.4 Å². The topological polar surface area (TPSA) is 86.3 Å². The number of hydrogen-bond donors (Lipinski definition) is 1. The molecule has 5 rings (SSSR count). The van der Waals surface area contributed by atoms with Crippen molar-refractivity contribution in [1.29, 1.82) is 0 Å². The Kier molecular flexibility index (Phi) is 9.47. The van der Waals surface area contributed by atoms with E-state index in [9.17, 15) is 18.0 Å². The molecule has 1 atom stereocenters. The lowest BCUT2D eigenvalue weighted by Crippen LogP contribution is -2.27. The van der Waals surface area contributed by atoms with Crippen molar-refractivity contribution in [1.82, 2.24) is 24.6 Å². The highest BCUT2D eigenvalue weighted by Gasteiger charge is 2.31. The van der Waals surface area contributed by atoms with Gasteiger partial charge in [-0.2, -0.15) is 4.99 Å². The lowest BCUT2D eigenvalue weighted by Gasteiger charge is -2.13. The number of rotatable bonds is 9. The molecule has 2 heterocycles. The second kappa shape index (κ2) is 13.5. The fraction of sp³-hybridized carbons (Fsp3) is 0.250. The van der Waals surface area contributed by atoms with Crippen molar-refractivity contribution >= 4 is 17.4 Å². The number of nitrogens with one attached hydrogen (secondary N) is 1. The van der Waals surface area contributed by atoms with E-state index in [2.05, 4.69) is 50.3 Å². The number of alkyl halides is 4. The molecule has 0 aliphatic rings. The number of halogens is 4. The van der Waals surface area contributed by atoms with Gasteiger partial charge < -0.3 is 10.1 Å². The van der Waals surface area contributed by atoms with Crippen molar-refractivity contribution in [2.75, 3.05) is 6.54 Å². The molecule has 1 N–H and O–H groups in total. The molecule has 5 aromatic rings. The van der Waals surface area contributed by atoms with Gasteiger partial charge in [-0.25, -0.2) is 18.9 Å². The summed E-state index contributed by atoms with van der Waals surface area (Å²) in [6, 6.07) is 17.3. The molecule has 45 heavy (non-hydrogen) atoms. The zero-order valence-corrected chi connectivity index (χ0v) is 25.5. The monoisotopic (exact) mass is 638 g/mol. The van der Waals surface area contributed by atoms with Crippen LogP contribution in [0.15, 0.2) is 83.4 Å². The smallest absolute Gasteiger partial charge is 0.406 e. The Hall–Kier alpha value is -4.78. The van der Waals surface area contributed by atoms with Gasteiger partial charge in [-0.3, -0.25) is 4.57 Å². The molecule has 13 heteroatoms. The van der Waals surface area contributed by atoms with Crippen molar-refractivity contribution in [2.45, 2.75) is 46.1 Å². The van der Waals surface area contributed by atoms with Gasteiger partial charge in [0.2, 0.25) is 0 Å². The van der Waals surface area contributed by atoms with Crippen LogP contribution in [0.25, 0.3) is 22.8 Å². The zero-order valence-electron chi connectivity index (χ0n) is 24.7. The number of benzene rings is 3. The maximum absolute atomic E-state index is 15.1. The summed E-state index contributed by atoms with van der Waals surface area (Å²) in [7, 11) is 0. The minimum absolute atomic E-state index is 0.265. The third kappa shape index (κ3) is 7.85. The molecule has 8 nitrogen and oxygen atoms in total. The van der Waals surface area contributed by atoms with Crippen molar-refractivity contribution < 1.29 is 27.1 Å². The summed E-state index contributed by atoms with van der Waals surface area (Å²) in [6.07, 6.45) is -2.97. The summed E-state index contributed by atoms with van der Waals surface area (Å²) in [6.45, 7) is 5.83. The standard InChI is InChI=1S/C32H30F4N6O2S/c1-4-5-23-7-6-20(2)16-28(23)42-21(3)18-45-31(42)39-30(43)37-17-27(33)22-8-10-24(11-9-22)29-38-19-41(40-29)25-12-14-26(15-13-25)44-32(34,35)36/h6-16,18-19,27H,4-5,17H2,1-3H3,(H,37,43)/b39-31-. The van der Waals surface area contributed by atoms with Crippen LogP contribution in [0.1, 0.15) is 41.9 Å². The van der Waals surface area contributed by atoms with Gasteiger partial charge in [0.25, 0.3) is 0 Å². The maximum Gasteiger partial charge on any atom is 0.573 e. The summed E-state index contributed by atoms with van der Waals surface area (Å²) in [4.78, 5) is 21.7. The second-order valence-corrected chi connectivity index (χ2v) is 11.2. The Morgan fingerprint density at radius 2 is 1.80 bits per heavy atom. The number of aromatic nitrogens is 4. The first-order valence-corrected chi connectivity index (χ1v) is 15.0. The van der Waals surface area contributed by atoms with E-state index in [0.29, 0.717) is 27.4 Å². The molecule has 0 saturated heterocycles. The highest BCUT2D eigenvalue weighted by Crippen LogP contribution is 2.25. The third-order valence-corrected chi connectivity index (χ3v) is 7.81. The van der Waals surface area contributed by atoms with Crippen LogP contribution in [-0.4, -0.2) is 38.3 Å². The molecular weight excluding hydrogens is 608 g/mol. The van der Waals surface area contributed by atoms with Crippen molar-refractivity contribution in [2.24, 2.45) is 4.99 Å². The zero-order chi connectivity index (χ0) is 32.1. The predicted molar refractivity (Wildman–Crippen MR) is 163 cm³/mol. The van der Waals surface area contributed by atoms with E-state index < -0.39 is 18.6 Å². The minimum atomic E-state index is -4.78. The maximum atomic E-state index is 15.1. The Balaban J connectivity index is 1.23. The number of urea groups is 1. The van der Waals surface area contributed by atoms with Crippen LogP contribution in [0, 0.1) is 13.8 Å². The first-order chi connectivity index (χ1) is 21.5. The number of ether oxygens (including phenoxy) is 1. The normalized spacial score (nSPS) is 12.7. The minimum Gasteiger partial charge on any atom is -0.406 e. The van der Waals surface area contributed by atoms with Crippen molar-refractivity contribution in [3.63, 3.8) is 0 Å². The first-order valence-electron chi connectivity index (χ1n) is 14.1. The van der Waals surface area contributed by atoms with Crippen LogP contribution < -0.4 is 14.9 Å². The van der Waals surface area contributed by atoms with Crippen LogP contribution in [-0.2, 0) is 6.42 Å². The van der Waals surface area contributed by atoms with Gasteiger partial charge in [0, 0.05) is 16.6 Å². The van der Waals surface area contributed by atoms with Crippen LogP contribution in [0.3, 0.4) is 0 Å². The number of thiazole rings is 1. The van der Waals surface area contributed by atoms with E-state index in [1.807, 2.05) is 23.8 Å². The number of carbonyl (C=O) groups is 1. The third-order valence-electron chi connectivity index (χ3n) is 6.87. The molecule has 0 bridgehead atoms. The molecule has 234 valence electrons. The van der Waals surface area contributed by atoms with Gasteiger partial charge in [0.1, 0.15) is 18.2 Å². The molecular formula is C32H30F4N6O2S. The Bertz CT molecular complexity index is 1840. The average molecular weight is 639 g/mol. The lowest BCUT2D eigenvalue weighted by molar-refractivity contribution is -0.274. The SMILES string of the molecule is CCCc1ccc(C)cc1-n1c(C)cs/c1=N\C(=O)NCC(F)c1ccc(-c2ncn(-c3ccc(OC(F)(F)F)cc3)n2)cc1. The summed E-state index contributed by atoms with van der Waals surface area (Å²) in [5.74, 6) is -0.00346. The lowest BCUT2D eigenvalue weighted by atomic mass is 10.1. The van der Waals surface area contributed by atoms with Crippen LogP contribution in [0.5, 0.6) is 5.75 Å². The second-order valence-electron chi connectivity index (χ2n) is 10.3. The summed E-state index contributed by atoms with van der Waals surface area (Å²) in [5, 5.41) is 8.86. The van der Waals surface area contributed by atoms with Gasteiger partial charge in [-0.15, -0.1) is 29.6 Å². The highest BCUT2D eigenvalue weighted by molar-refractivity contribution is 7.07. The number of aryl methyl sites for hydroxylation is 3. The number of nitrogens with zero attached hydrogens (tertiary/aromatic N) is 5. The highest BCUT2D eigenvalue weighted by atomic mass is 32.1. The van der Waals surface area contributed by atoms with Crippen molar-refractivity contribution in [3.05, 3.63) is 106 Å². The number of amides is 2. The average Bonchev–Trinajstić information content (AvgIpc) is 3.64. The van der Waals surface area contributed by atoms with Crippen LogP contribution >= 0.6 is 11.3 Å². The van der Waals surface area contributed by atoms with E-state index in [-0.39, 0.29) is 12.3 Å². The Morgan fingerprint density at radius 3 is 2.49 bits per heavy atom. The van der Waals surface area contributed by atoms with Gasteiger partial charge in [-0.05, 0) is 67.3 Å². The number of carbonyl (C=O) groups excluding carboxylic acids is 1. The summed E-state index contributed by atoms with van der Waals surface area (Å²) in [5.41, 5.74) is 5.63. The van der Waals surface area contributed by atoms with Gasteiger partial charge in [0.15, 0.2) is 10.6 Å². The van der Waals surface area contributed by atoms with E-state index in [1.165, 1.54) is 46.6 Å². The van der Waals surface area contributed by atoms with E-state index in [4.69, 9.17) is 0 Å². The quantitative estimate of drug-likeness (QED) is 0.169. The number of hydrogen-bond acceptors (Lipinski definition) is 5. The fourth-order valence-corrected chi connectivity index (χ4v) is 5.57. The first kappa shape index (κ1) is 31.6. The van der Waals surface area contributed by atoms with Crippen LogP contribution in [0.2, 0.25) is 0 Å². The van der Waals surface area contributed by atoms with Gasteiger partial charge in [-0.1, -0.05) is 49.7 Å². The van der Waals surface area contributed by atoms with E-state index >= 15 is 4.39 Å². The molecule has 0 saturated carbocycles. The van der Waals surface area contributed by atoms with Crippen molar-refractivity contribution in [3.8, 4) is 28.5 Å². The van der Waals surface area contributed by atoms with E-state index in [1.54, 1.807) is 24.3 Å². The molecule has 0 radical (unpaired) electrons. The Morgan fingerprint density at radius 1 is 1.07 bits per heavy atom. The van der Waals surface area contributed by atoms with Gasteiger partial charge in [0.05, 0.1) is 17.9 Å². The Labute approximate surface area is 260 Å². The molecule has 2 aromatic heterocycles. The molecule has 1 unspecified atom stereocenters. The molecule has 0 aliphatic carbocycles. The molecule has 0 fully saturated rings. The molecule has 0 aliphatic heterocycles. The molecule has 2 amide bonds. The molecule has 3 aromatic carbocycles. The predicted octanol–water partition coefficient (Wildman–Crippen LogP) is 7.58. The largest absolute Gasteiger partial charge is 0.573 e.